The van der Waals surface area contributed by atoms with Crippen molar-refractivity contribution in [3.63, 3.8) is 0 Å². The van der Waals surface area contributed by atoms with Gasteiger partial charge in [0, 0.05) is 37.8 Å². The lowest BCUT2D eigenvalue weighted by Crippen LogP contribution is -2.23. The van der Waals surface area contributed by atoms with Crippen LogP contribution in [0.15, 0.2) is 18.2 Å². The van der Waals surface area contributed by atoms with Gasteiger partial charge in [0.15, 0.2) is 0 Å². The maximum Gasteiger partial charge on any atom is 0.123 e. The van der Waals surface area contributed by atoms with Crippen LogP contribution in [0.4, 0.5) is 0 Å². The highest BCUT2D eigenvalue weighted by molar-refractivity contribution is 5.37. The molecule has 2 rings (SSSR count). The van der Waals surface area contributed by atoms with Crippen LogP contribution in [-0.2, 0) is 13.1 Å². The van der Waals surface area contributed by atoms with Crippen molar-refractivity contribution in [3.8, 4) is 5.75 Å². The molecule has 1 aromatic carbocycles. The van der Waals surface area contributed by atoms with Crippen LogP contribution in [0.1, 0.15) is 38.8 Å². The number of likely N-dealkylation sites (tertiary alicyclic amines) is 1. The van der Waals surface area contributed by atoms with Crippen molar-refractivity contribution < 1.29 is 4.74 Å². The molecule has 2 atom stereocenters. The van der Waals surface area contributed by atoms with Crippen LogP contribution < -0.4 is 10.1 Å². The van der Waals surface area contributed by atoms with E-state index < -0.39 is 0 Å². The van der Waals surface area contributed by atoms with E-state index in [9.17, 15) is 0 Å². The average molecular weight is 290 g/mol. The number of hydrogen-bond acceptors (Lipinski definition) is 3. The van der Waals surface area contributed by atoms with Crippen LogP contribution in [-0.4, -0.2) is 31.1 Å². The van der Waals surface area contributed by atoms with Crippen molar-refractivity contribution in [1.29, 1.82) is 0 Å². The fraction of sp³-hybridized carbons (Fsp3) is 0.667. The zero-order valence-electron chi connectivity index (χ0n) is 14.1. The highest BCUT2D eigenvalue weighted by atomic mass is 16.5. The van der Waals surface area contributed by atoms with Crippen molar-refractivity contribution in [2.75, 3.05) is 20.2 Å². The molecule has 1 aliphatic heterocycles. The van der Waals surface area contributed by atoms with E-state index in [4.69, 9.17) is 4.74 Å². The minimum Gasteiger partial charge on any atom is -0.496 e. The lowest BCUT2D eigenvalue weighted by Gasteiger charge is -2.19. The summed E-state index contributed by atoms with van der Waals surface area (Å²) in [5.41, 5.74) is 2.64. The summed E-state index contributed by atoms with van der Waals surface area (Å²) >= 11 is 0. The number of ether oxygens (including phenoxy) is 1. The summed E-state index contributed by atoms with van der Waals surface area (Å²) in [5.74, 6) is 2.60. The van der Waals surface area contributed by atoms with Gasteiger partial charge in [0.25, 0.3) is 0 Å². The molecule has 0 bridgehead atoms. The molecule has 0 aromatic heterocycles. The van der Waals surface area contributed by atoms with Crippen LogP contribution in [0.3, 0.4) is 0 Å². The summed E-state index contributed by atoms with van der Waals surface area (Å²) in [5, 5.41) is 3.48. The fourth-order valence-corrected chi connectivity index (χ4v) is 3.01. The first-order valence-electron chi connectivity index (χ1n) is 8.11. The normalized spacial score (nSPS) is 23.0. The lowest BCUT2D eigenvalue weighted by atomic mass is 10.0. The van der Waals surface area contributed by atoms with Crippen LogP contribution in [0.25, 0.3) is 0 Å². The first-order chi connectivity index (χ1) is 9.99. The SMILES string of the molecule is COc1ccc(CNC(C)C)cc1CN1CC(C)C(C)C1. The minimum atomic E-state index is 0.510. The molecule has 118 valence electrons. The smallest absolute Gasteiger partial charge is 0.123 e. The highest BCUT2D eigenvalue weighted by Gasteiger charge is 2.26. The number of nitrogens with zero attached hydrogens (tertiary/aromatic N) is 1. The quantitative estimate of drug-likeness (QED) is 0.870. The van der Waals surface area contributed by atoms with Gasteiger partial charge in [0.2, 0.25) is 0 Å². The molecule has 0 spiro atoms. The topological polar surface area (TPSA) is 24.5 Å². The van der Waals surface area contributed by atoms with Gasteiger partial charge in [-0.2, -0.15) is 0 Å². The van der Waals surface area contributed by atoms with Crippen LogP contribution >= 0.6 is 0 Å². The van der Waals surface area contributed by atoms with Gasteiger partial charge in [-0.25, -0.2) is 0 Å². The van der Waals surface area contributed by atoms with Gasteiger partial charge < -0.3 is 10.1 Å². The van der Waals surface area contributed by atoms with E-state index in [-0.39, 0.29) is 0 Å². The maximum atomic E-state index is 5.54. The van der Waals surface area contributed by atoms with Gasteiger partial charge in [0.05, 0.1) is 7.11 Å². The second kappa shape index (κ2) is 7.28. The Morgan fingerprint density at radius 2 is 1.90 bits per heavy atom. The first kappa shape index (κ1) is 16.3. The molecule has 3 heteroatoms. The lowest BCUT2D eigenvalue weighted by molar-refractivity contribution is 0.307. The van der Waals surface area contributed by atoms with Crippen molar-refractivity contribution in [1.82, 2.24) is 10.2 Å². The number of hydrogen-bond donors (Lipinski definition) is 1. The Hall–Kier alpha value is -1.06. The molecule has 0 saturated carbocycles. The number of methoxy groups -OCH3 is 1. The molecule has 1 aromatic rings. The second-order valence-corrected chi connectivity index (χ2v) is 6.83. The zero-order valence-corrected chi connectivity index (χ0v) is 14.1. The Bertz CT molecular complexity index is 449. The number of rotatable bonds is 6. The molecule has 0 radical (unpaired) electrons. The van der Waals surface area contributed by atoms with E-state index in [2.05, 4.69) is 56.1 Å². The Labute approximate surface area is 129 Å². The molecule has 0 amide bonds. The van der Waals surface area contributed by atoms with Gasteiger partial charge in [0.1, 0.15) is 5.75 Å². The number of benzene rings is 1. The fourth-order valence-electron chi connectivity index (χ4n) is 3.01. The molecular weight excluding hydrogens is 260 g/mol. The molecule has 1 fully saturated rings. The summed E-state index contributed by atoms with van der Waals surface area (Å²) in [6.07, 6.45) is 0. The van der Waals surface area contributed by atoms with E-state index in [0.29, 0.717) is 6.04 Å². The molecule has 1 saturated heterocycles. The third-order valence-corrected chi connectivity index (χ3v) is 4.52. The zero-order chi connectivity index (χ0) is 15.4. The second-order valence-electron chi connectivity index (χ2n) is 6.83. The summed E-state index contributed by atoms with van der Waals surface area (Å²) in [6, 6.07) is 7.07. The monoisotopic (exact) mass is 290 g/mol. The Balaban J connectivity index is 2.07. The van der Waals surface area contributed by atoms with E-state index in [1.807, 2.05) is 0 Å². The first-order valence-corrected chi connectivity index (χ1v) is 8.11. The molecule has 21 heavy (non-hydrogen) atoms. The van der Waals surface area contributed by atoms with E-state index in [1.165, 1.54) is 24.2 Å². The maximum absolute atomic E-state index is 5.54. The summed E-state index contributed by atoms with van der Waals surface area (Å²) < 4.78 is 5.54. The number of nitrogens with one attached hydrogen (secondary N) is 1. The minimum absolute atomic E-state index is 0.510. The predicted octanol–water partition coefficient (Wildman–Crippen LogP) is 3.28. The molecule has 0 aliphatic carbocycles. The van der Waals surface area contributed by atoms with Crippen molar-refractivity contribution >= 4 is 0 Å². The molecule has 1 N–H and O–H groups in total. The van der Waals surface area contributed by atoms with Gasteiger partial charge in [-0.1, -0.05) is 33.8 Å². The predicted molar refractivity (Wildman–Crippen MR) is 88.6 cm³/mol. The Kier molecular flexibility index (Phi) is 5.65. The average Bonchev–Trinajstić information content (AvgIpc) is 2.75. The summed E-state index contributed by atoms with van der Waals surface area (Å²) in [4.78, 5) is 2.55. The molecule has 1 heterocycles. The van der Waals surface area contributed by atoms with E-state index in [1.54, 1.807) is 7.11 Å². The van der Waals surface area contributed by atoms with Gasteiger partial charge >= 0.3 is 0 Å². The highest BCUT2D eigenvalue weighted by Crippen LogP contribution is 2.27. The molecule has 2 unspecified atom stereocenters. The standard InChI is InChI=1S/C18H30N2O/c1-13(2)19-9-16-6-7-18(21-5)17(8-16)12-20-10-14(3)15(4)11-20/h6-8,13-15,19H,9-12H2,1-5H3. The third kappa shape index (κ3) is 4.45. The van der Waals surface area contributed by atoms with E-state index >= 15 is 0 Å². The molecular formula is C18H30N2O. The van der Waals surface area contributed by atoms with Gasteiger partial charge in [-0.3, -0.25) is 4.90 Å². The van der Waals surface area contributed by atoms with Crippen LogP contribution in [0, 0.1) is 11.8 Å². The van der Waals surface area contributed by atoms with Crippen molar-refractivity contribution in [2.45, 2.75) is 46.8 Å². The Morgan fingerprint density at radius 3 is 2.48 bits per heavy atom. The van der Waals surface area contributed by atoms with Gasteiger partial charge in [-0.05, 0) is 29.5 Å². The van der Waals surface area contributed by atoms with E-state index in [0.717, 1.165) is 30.7 Å². The summed E-state index contributed by atoms with van der Waals surface area (Å²) in [7, 11) is 1.76. The van der Waals surface area contributed by atoms with Crippen molar-refractivity contribution in [3.05, 3.63) is 29.3 Å². The third-order valence-electron chi connectivity index (χ3n) is 4.52. The van der Waals surface area contributed by atoms with Crippen LogP contribution in [0.2, 0.25) is 0 Å². The molecule has 1 aliphatic rings. The molecule has 3 nitrogen and oxygen atoms in total. The van der Waals surface area contributed by atoms with Crippen LogP contribution in [0.5, 0.6) is 5.75 Å². The summed E-state index contributed by atoms with van der Waals surface area (Å²) in [6.45, 7) is 13.4. The Morgan fingerprint density at radius 1 is 1.24 bits per heavy atom. The van der Waals surface area contributed by atoms with Gasteiger partial charge in [-0.15, -0.1) is 0 Å². The van der Waals surface area contributed by atoms with Crippen molar-refractivity contribution in [2.24, 2.45) is 11.8 Å². The largest absolute Gasteiger partial charge is 0.496 e.